The molecule has 0 saturated heterocycles. The number of hydrogen-bond acceptors (Lipinski definition) is 3. The van der Waals surface area contributed by atoms with E-state index in [-0.39, 0.29) is 11.3 Å². The topological polar surface area (TPSA) is 55.1 Å². The molecule has 0 aliphatic heterocycles. The Hall–Kier alpha value is -2.10. The molecule has 1 amide bonds. The highest BCUT2D eigenvalue weighted by Crippen LogP contribution is 2.19. The van der Waals surface area contributed by atoms with Crippen LogP contribution in [0.15, 0.2) is 41.1 Å². The van der Waals surface area contributed by atoms with Gasteiger partial charge < -0.3 is 9.73 Å². The molecule has 2 aromatic rings. The molecule has 0 spiro atoms. The van der Waals surface area contributed by atoms with Gasteiger partial charge in [-0.2, -0.15) is 0 Å². The van der Waals surface area contributed by atoms with Crippen LogP contribution >= 0.6 is 0 Å². The Morgan fingerprint density at radius 1 is 1.35 bits per heavy atom. The lowest BCUT2D eigenvalue weighted by atomic mass is 9.92. The molecule has 0 aliphatic carbocycles. The van der Waals surface area contributed by atoms with Gasteiger partial charge >= 0.3 is 0 Å². The first-order valence-corrected chi connectivity index (χ1v) is 6.69. The molecule has 2 rings (SSSR count). The Morgan fingerprint density at radius 2 is 2.15 bits per heavy atom. The number of hydrogen-bond donors (Lipinski definition) is 1. The first-order valence-electron chi connectivity index (χ1n) is 6.69. The molecule has 0 bridgehead atoms. The Bertz CT molecular complexity index is 568. The maximum absolute atomic E-state index is 11.8. The van der Waals surface area contributed by atoms with Gasteiger partial charge in [0.1, 0.15) is 5.69 Å². The van der Waals surface area contributed by atoms with Gasteiger partial charge in [0.15, 0.2) is 5.76 Å². The van der Waals surface area contributed by atoms with E-state index in [9.17, 15) is 4.79 Å². The maximum Gasteiger partial charge on any atom is 0.220 e. The zero-order valence-electron chi connectivity index (χ0n) is 12.1. The molecule has 20 heavy (non-hydrogen) atoms. The number of furan rings is 1. The third-order valence-corrected chi connectivity index (χ3v) is 2.78. The zero-order chi connectivity index (χ0) is 14.6. The molecule has 4 nitrogen and oxygen atoms in total. The Balaban J connectivity index is 1.97. The van der Waals surface area contributed by atoms with E-state index < -0.39 is 0 Å². The second kappa shape index (κ2) is 5.90. The van der Waals surface area contributed by atoms with Crippen LogP contribution in [0.4, 0.5) is 0 Å². The number of nitrogens with one attached hydrogen (secondary N) is 1. The monoisotopic (exact) mass is 272 g/mol. The number of amides is 1. The summed E-state index contributed by atoms with van der Waals surface area (Å²) in [4.78, 5) is 16.1. The summed E-state index contributed by atoms with van der Waals surface area (Å²) in [5, 5.41) is 2.93. The van der Waals surface area contributed by atoms with Gasteiger partial charge in [-0.3, -0.25) is 9.78 Å². The van der Waals surface area contributed by atoms with Crippen LogP contribution in [0.2, 0.25) is 0 Å². The third-order valence-electron chi connectivity index (χ3n) is 2.78. The van der Waals surface area contributed by atoms with Gasteiger partial charge in [0.05, 0.1) is 6.26 Å². The van der Waals surface area contributed by atoms with E-state index >= 15 is 0 Å². The fourth-order valence-electron chi connectivity index (χ4n) is 1.89. The van der Waals surface area contributed by atoms with Crippen LogP contribution in [0.1, 0.15) is 32.8 Å². The highest BCUT2D eigenvalue weighted by atomic mass is 16.3. The molecule has 0 radical (unpaired) electrons. The average molecular weight is 272 g/mol. The van der Waals surface area contributed by atoms with Gasteiger partial charge in [-0.15, -0.1) is 0 Å². The Labute approximate surface area is 119 Å². The summed E-state index contributed by atoms with van der Waals surface area (Å²) < 4.78 is 5.32. The van der Waals surface area contributed by atoms with Gasteiger partial charge in [0, 0.05) is 19.2 Å². The molecule has 4 heteroatoms. The minimum absolute atomic E-state index is 0.00164. The van der Waals surface area contributed by atoms with Gasteiger partial charge in [-0.25, -0.2) is 0 Å². The molecular weight excluding hydrogens is 252 g/mol. The van der Waals surface area contributed by atoms with Crippen molar-refractivity contribution < 1.29 is 9.21 Å². The van der Waals surface area contributed by atoms with E-state index in [4.69, 9.17) is 4.42 Å². The van der Waals surface area contributed by atoms with Gasteiger partial charge in [0.25, 0.3) is 0 Å². The van der Waals surface area contributed by atoms with Crippen LogP contribution < -0.4 is 5.32 Å². The lowest BCUT2D eigenvalue weighted by Gasteiger charge is -2.17. The van der Waals surface area contributed by atoms with E-state index in [1.165, 1.54) is 0 Å². The van der Waals surface area contributed by atoms with E-state index in [1.807, 2.05) is 45.0 Å². The van der Waals surface area contributed by atoms with Crippen LogP contribution in [-0.2, 0) is 11.3 Å². The lowest BCUT2D eigenvalue weighted by Crippen LogP contribution is -2.27. The second-order valence-electron chi connectivity index (χ2n) is 6.04. The summed E-state index contributed by atoms with van der Waals surface area (Å²) in [6.45, 7) is 6.65. The number of nitrogens with zero attached hydrogens (tertiary/aromatic N) is 1. The van der Waals surface area contributed by atoms with E-state index in [0.717, 1.165) is 17.0 Å². The van der Waals surface area contributed by atoms with Crippen molar-refractivity contribution in [2.45, 2.75) is 33.7 Å². The van der Waals surface area contributed by atoms with Crippen molar-refractivity contribution in [2.24, 2.45) is 5.41 Å². The number of carbonyl (C=O) groups excluding carboxylic acids is 1. The number of carbonyl (C=O) groups is 1. The van der Waals surface area contributed by atoms with E-state index in [1.54, 1.807) is 12.5 Å². The predicted octanol–water partition coefficient (Wildman–Crippen LogP) is 3.39. The quantitative estimate of drug-likeness (QED) is 0.928. The molecule has 106 valence electrons. The molecule has 0 aliphatic rings. The molecule has 0 fully saturated rings. The zero-order valence-corrected chi connectivity index (χ0v) is 12.1. The minimum Gasteiger partial charge on any atom is -0.463 e. The number of rotatable bonds is 4. The van der Waals surface area contributed by atoms with Crippen LogP contribution in [0.5, 0.6) is 0 Å². The molecule has 0 saturated carbocycles. The summed E-state index contributed by atoms with van der Waals surface area (Å²) >= 11 is 0. The van der Waals surface area contributed by atoms with Crippen molar-refractivity contribution >= 4 is 5.91 Å². The van der Waals surface area contributed by atoms with Crippen molar-refractivity contribution in [3.8, 4) is 11.5 Å². The van der Waals surface area contributed by atoms with Crippen molar-refractivity contribution in [2.75, 3.05) is 0 Å². The number of pyridine rings is 1. The summed E-state index contributed by atoms with van der Waals surface area (Å²) in [5.74, 6) is 0.793. The molecule has 0 atom stereocenters. The fourth-order valence-corrected chi connectivity index (χ4v) is 1.89. The highest BCUT2D eigenvalue weighted by Gasteiger charge is 2.15. The first-order chi connectivity index (χ1) is 9.44. The Kier molecular flexibility index (Phi) is 4.23. The van der Waals surface area contributed by atoms with E-state index in [0.29, 0.717) is 13.0 Å². The largest absolute Gasteiger partial charge is 0.463 e. The van der Waals surface area contributed by atoms with Crippen LogP contribution in [0.25, 0.3) is 11.5 Å². The van der Waals surface area contributed by atoms with Crippen molar-refractivity contribution in [3.63, 3.8) is 0 Å². The fraction of sp³-hybridized carbons (Fsp3) is 0.375. The maximum atomic E-state index is 11.8. The van der Waals surface area contributed by atoms with Gasteiger partial charge in [0.2, 0.25) is 5.91 Å². The third kappa shape index (κ3) is 4.23. The van der Waals surface area contributed by atoms with Crippen molar-refractivity contribution in [1.29, 1.82) is 0 Å². The first kappa shape index (κ1) is 14.3. The van der Waals surface area contributed by atoms with Crippen molar-refractivity contribution in [3.05, 3.63) is 42.3 Å². The molecule has 2 heterocycles. The van der Waals surface area contributed by atoms with Crippen LogP contribution in [0, 0.1) is 5.41 Å². The smallest absolute Gasteiger partial charge is 0.220 e. The molecule has 1 N–H and O–H groups in total. The summed E-state index contributed by atoms with van der Waals surface area (Å²) in [5.41, 5.74) is 1.79. The Morgan fingerprint density at radius 3 is 2.80 bits per heavy atom. The molecular formula is C16H20N2O2. The van der Waals surface area contributed by atoms with Crippen LogP contribution in [0.3, 0.4) is 0 Å². The summed E-state index contributed by atoms with van der Waals surface area (Å²) in [7, 11) is 0. The summed E-state index contributed by atoms with van der Waals surface area (Å²) in [6, 6.07) is 7.51. The minimum atomic E-state index is 0.00164. The van der Waals surface area contributed by atoms with Crippen LogP contribution in [-0.4, -0.2) is 10.9 Å². The molecule has 0 aromatic carbocycles. The standard InChI is InChI=1S/C16H20N2O2/c1-16(2,3)10-15(19)18-11-12-6-7-17-13(9-12)14-5-4-8-20-14/h4-9H,10-11H2,1-3H3,(H,18,19). The average Bonchev–Trinajstić information content (AvgIpc) is 2.88. The summed E-state index contributed by atoms with van der Waals surface area (Å²) in [6.07, 6.45) is 3.86. The second-order valence-corrected chi connectivity index (χ2v) is 6.04. The van der Waals surface area contributed by atoms with Gasteiger partial charge in [-0.1, -0.05) is 20.8 Å². The lowest BCUT2D eigenvalue weighted by molar-refractivity contribution is -0.122. The molecule has 0 unspecified atom stereocenters. The van der Waals surface area contributed by atoms with Gasteiger partial charge in [-0.05, 0) is 35.2 Å². The van der Waals surface area contributed by atoms with Crippen molar-refractivity contribution in [1.82, 2.24) is 10.3 Å². The number of aromatic nitrogens is 1. The molecule has 2 aromatic heterocycles. The normalized spacial score (nSPS) is 11.3. The highest BCUT2D eigenvalue weighted by molar-refractivity contribution is 5.76. The predicted molar refractivity (Wildman–Crippen MR) is 77.9 cm³/mol. The SMILES string of the molecule is CC(C)(C)CC(=O)NCc1ccnc(-c2ccco2)c1. The van der Waals surface area contributed by atoms with E-state index in [2.05, 4.69) is 10.3 Å².